The second kappa shape index (κ2) is 10.9. The lowest BCUT2D eigenvalue weighted by Crippen LogP contribution is -2.95. The Kier molecular flexibility index (Phi) is 6.48. The van der Waals surface area contributed by atoms with E-state index in [4.69, 9.17) is 9.47 Å². The summed E-state index contributed by atoms with van der Waals surface area (Å²) < 4.78 is 10.7. The Balaban J connectivity index is 1.16. The molecule has 1 fully saturated rings. The van der Waals surface area contributed by atoms with Crippen LogP contribution in [-0.4, -0.2) is 40.1 Å². The SMILES string of the molecule is COc1ccc(B2Nc3cccc4ccc(C5C(=O)/C(=c6/ccc7cccc8c7c6=[NH+]B(c6ccc(OC)cc6)N8)C5[O-])c(c34)N2)cc1. The van der Waals surface area contributed by atoms with Gasteiger partial charge in [-0.1, -0.05) is 72.8 Å². The summed E-state index contributed by atoms with van der Waals surface area (Å²) in [6.45, 7) is -0.518. The molecule has 2 unspecified atom stereocenters. The standard InChI is InChI=1S/C38H29B2N4O4/c1-47-25-15-11-23(12-16-25)39-41-29-7-3-5-21-9-19-27(35(43-39)31(21)29)33-37(45)34(38(33)46)28-20-10-22-6-4-8-30-32(22)36(28)44-40(42-30)24-13-17-26(48-2)18-14-24/h3-20,33,37,41-43H,1-2H3/q-1/p+1/b34-28-. The first-order chi connectivity index (χ1) is 23.5. The lowest BCUT2D eigenvalue weighted by Gasteiger charge is -2.45. The Bertz CT molecular complexity index is 2420. The van der Waals surface area contributed by atoms with Crippen LogP contribution in [-0.2, 0) is 4.79 Å². The number of hydrogen-bond acceptors (Lipinski definition) is 7. The Morgan fingerprint density at radius 3 is 1.98 bits per heavy atom. The van der Waals surface area contributed by atoms with Gasteiger partial charge in [-0.25, -0.2) is 0 Å². The first-order valence-electron chi connectivity index (χ1n) is 16.0. The molecule has 0 aromatic heterocycles. The van der Waals surface area contributed by atoms with E-state index in [1.165, 1.54) is 0 Å². The second-order valence-corrected chi connectivity index (χ2v) is 12.5. The predicted molar refractivity (Wildman–Crippen MR) is 190 cm³/mol. The minimum absolute atomic E-state index is 0.140. The third-order valence-corrected chi connectivity index (χ3v) is 9.96. The number of ether oxygens (including phenoxy) is 2. The van der Waals surface area contributed by atoms with Crippen molar-refractivity contribution in [2.24, 2.45) is 0 Å². The van der Waals surface area contributed by atoms with E-state index < -0.39 is 12.0 Å². The average molecular weight is 628 g/mol. The van der Waals surface area contributed by atoms with Crippen LogP contribution < -0.4 is 56.7 Å². The summed E-state index contributed by atoms with van der Waals surface area (Å²) in [7, 11) is 3.29. The Hall–Kier alpha value is -5.73. The van der Waals surface area contributed by atoms with E-state index in [1.54, 1.807) is 14.2 Å². The van der Waals surface area contributed by atoms with Gasteiger partial charge in [-0.05, 0) is 69.8 Å². The molecule has 48 heavy (non-hydrogen) atoms. The molecule has 4 N–H and O–H groups in total. The highest BCUT2D eigenvalue weighted by Crippen LogP contribution is 2.45. The minimum atomic E-state index is -1.23. The molecule has 8 nitrogen and oxygen atoms in total. The van der Waals surface area contributed by atoms with Crippen molar-refractivity contribution >= 4 is 74.9 Å². The van der Waals surface area contributed by atoms with Crippen LogP contribution in [0.25, 0.3) is 27.1 Å². The van der Waals surface area contributed by atoms with Gasteiger partial charge in [-0.3, -0.25) is 4.79 Å². The lowest BCUT2D eigenvalue weighted by molar-refractivity contribution is -0.407. The van der Waals surface area contributed by atoms with Crippen molar-refractivity contribution in [3.8, 4) is 11.5 Å². The van der Waals surface area contributed by atoms with Gasteiger partial charge < -0.3 is 35.2 Å². The number of rotatable bonds is 5. The van der Waals surface area contributed by atoms with Gasteiger partial charge in [0.15, 0.2) is 11.1 Å². The van der Waals surface area contributed by atoms with Gasteiger partial charge in [-0.2, -0.15) is 0 Å². The number of Topliss-reactive ketones (excluding diaryl/α,β-unsaturated/α-hetero) is 1. The number of nitrogens with one attached hydrogen (secondary N) is 4. The van der Waals surface area contributed by atoms with Crippen molar-refractivity contribution < 1.29 is 24.3 Å². The van der Waals surface area contributed by atoms with Crippen LogP contribution in [0.1, 0.15) is 11.5 Å². The van der Waals surface area contributed by atoms with Crippen molar-refractivity contribution in [1.29, 1.82) is 0 Å². The number of anilines is 3. The number of carbonyl (C=O) groups is 1. The summed E-state index contributed by atoms with van der Waals surface area (Å²) in [4.78, 5) is 17.9. The average Bonchev–Trinajstić information content (AvgIpc) is 3.13. The maximum Gasteiger partial charge on any atom is 0.643 e. The van der Waals surface area contributed by atoms with Crippen molar-refractivity contribution in [2.45, 2.75) is 12.0 Å². The number of hydrogen-bond donors (Lipinski definition) is 4. The van der Waals surface area contributed by atoms with Gasteiger partial charge in [0.1, 0.15) is 11.5 Å². The number of carbonyl (C=O) groups excluding carboxylic acids is 1. The Morgan fingerprint density at radius 2 is 1.31 bits per heavy atom. The molecule has 0 bridgehead atoms. The molecule has 10 heteroatoms. The molecule has 0 amide bonds. The van der Waals surface area contributed by atoms with Crippen LogP contribution in [0.3, 0.4) is 0 Å². The van der Waals surface area contributed by atoms with Crippen LogP contribution in [0.15, 0.2) is 109 Å². The van der Waals surface area contributed by atoms with Crippen molar-refractivity contribution in [3.05, 3.63) is 125 Å². The van der Waals surface area contributed by atoms with E-state index in [1.807, 2.05) is 109 Å². The molecule has 0 radical (unpaired) electrons. The quantitative estimate of drug-likeness (QED) is 0.211. The molecule has 6 aromatic rings. The second-order valence-electron chi connectivity index (χ2n) is 12.5. The third-order valence-electron chi connectivity index (χ3n) is 9.96. The summed E-state index contributed by atoms with van der Waals surface area (Å²) >= 11 is 0. The molecule has 1 saturated carbocycles. The Morgan fingerprint density at radius 1 is 0.688 bits per heavy atom. The predicted octanol–water partition coefficient (Wildman–Crippen LogP) is 1.01. The first kappa shape index (κ1) is 28.5. The normalized spacial score (nSPS) is 18.8. The minimum Gasteiger partial charge on any atom is -0.848 e. The van der Waals surface area contributed by atoms with E-state index in [-0.39, 0.29) is 19.7 Å². The molecule has 6 aromatic carbocycles. The van der Waals surface area contributed by atoms with E-state index in [9.17, 15) is 9.90 Å². The highest BCUT2D eigenvalue weighted by Gasteiger charge is 2.43. The van der Waals surface area contributed by atoms with E-state index >= 15 is 0 Å². The molecule has 3 aliphatic rings. The third kappa shape index (κ3) is 4.29. The fourth-order valence-electron chi connectivity index (χ4n) is 7.51. The number of ketones is 1. The van der Waals surface area contributed by atoms with Crippen molar-refractivity contribution in [1.82, 2.24) is 0 Å². The molecule has 1 aliphatic carbocycles. The summed E-state index contributed by atoms with van der Waals surface area (Å²) in [5.74, 6) is 0.593. The highest BCUT2D eigenvalue weighted by atomic mass is 16.5. The molecule has 2 heterocycles. The van der Waals surface area contributed by atoms with E-state index in [0.29, 0.717) is 10.8 Å². The van der Waals surface area contributed by atoms with Crippen molar-refractivity contribution in [2.75, 3.05) is 29.9 Å². The molecule has 2 atom stereocenters. The summed E-state index contributed by atoms with van der Waals surface area (Å²) in [6.07, 6.45) is -1.23. The molecular formula is C38H30B2N4O4. The van der Waals surface area contributed by atoms with Crippen LogP contribution in [0.4, 0.5) is 17.1 Å². The topological polar surface area (TPSA) is 109 Å². The zero-order valence-electron chi connectivity index (χ0n) is 26.3. The van der Waals surface area contributed by atoms with E-state index in [0.717, 1.165) is 72.0 Å². The monoisotopic (exact) mass is 628 g/mol. The molecule has 2 aliphatic heterocycles. The number of methoxy groups -OCH3 is 2. The fraction of sp³-hybridized carbons (Fsp3) is 0.105. The summed E-state index contributed by atoms with van der Waals surface area (Å²) in [5, 5.41) is 30.7. The van der Waals surface area contributed by atoms with Crippen LogP contribution in [0.5, 0.6) is 11.5 Å². The van der Waals surface area contributed by atoms with Gasteiger partial charge in [0.2, 0.25) is 0 Å². The maximum absolute atomic E-state index is 14.3. The summed E-state index contributed by atoms with van der Waals surface area (Å²) in [6, 6.07) is 35.8. The first-order valence-corrected chi connectivity index (χ1v) is 16.0. The fourth-order valence-corrected chi connectivity index (χ4v) is 7.51. The summed E-state index contributed by atoms with van der Waals surface area (Å²) in [5.41, 5.74) is 5.78. The van der Waals surface area contributed by atoms with E-state index in [2.05, 4.69) is 20.6 Å². The Labute approximate surface area is 277 Å². The molecule has 0 spiro atoms. The highest BCUT2D eigenvalue weighted by molar-refractivity contribution is 6.80. The maximum atomic E-state index is 14.3. The number of benzene rings is 6. The molecule has 0 saturated heterocycles. The molecule has 9 rings (SSSR count). The lowest BCUT2D eigenvalue weighted by atomic mass is 9.64. The van der Waals surface area contributed by atoms with Gasteiger partial charge in [-0.15, -0.1) is 0 Å². The van der Waals surface area contributed by atoms with Crippen LogP contribution in [0, 0.1) is 0 Å². The van der Waals surface area contributed by atoms with Gasteiger partial charge in [0.25, 0.3) is 0 Å². The molecular weight excluding hydrogens is 598 g/mol. The zero-order valence-corrected chi connectivity index (χ0v) is 26.3. The van der Waals surface area contributed by atoms with Crippen LogP contribution in [0.2, 0.25) is 0 Å². The molecule has 232 valence electrons. The van der Waals surface area contributed by atoms with Crippen LogP contribution >= 0.6 is 0 Å². The van der Waals surface area contributed by atoms with Gasteiger partial charge in [0.05, 0.1) is 19.6 Å². The smallest absolute Gasteiger partial charge is 0.643 e. The largest absolute Gasteiger partial charge is 0.848 e. The van der Waals surface area contributed by atoms with Crippen molar-refractivity contribution in [3.63, 3.8) is 0 Å². The van der Waals surface area contributed by atoms with Gasteiger partial charge >= 0.3 is 14.0 Å². The zero-order chi connectivity index (χ0) is 32.5. The van der Waals surface area contributed by atoms with Gasteiger partial charge in [0, 0.05) is 39.0 Å².